The first kappa shape index (κ1) is 12.4. The van der Waals surface area contributed by atoms with E-state index >= 15 is 0 Å². The SMILES string of the molecule is CC(C)(C)OC(=O)N1CC(C(=O)C=[N+]=[N-])C1. The Kier molecular flexibility index (Phi) is 3.44. The zero-order valence-electron chi connectivity index (χ0n) is 9.64. The fraction of sp³-hybridized carbons (Fsp3) is 0.700. The van der Waals surface area contributed by atoms with Crippen molar-refractivity contribution in [1.82, 2.24) is 4.90 Å². The van der Waals surface area contributed by atoms with E-state index < -0.39 is 11.7 Å². The van der Waals surface area contributed by atoms with Crippen LogP contribution in [0.4, 0.5) is 4.79 Å². The van der Waals surface area contributed by atoms with Gasteiger partial charge in [-0.15, -0.1) is 0 Å². The molecule has 0 aromatic rings. The number of Topliss-reactive ketones (excluding diaryl/α,β-unsaturated/α-hetero) is 1. The molecule has 6 nitrogen and oxygen atoms in total. The fourth-order valence-corrected chi connectivity index (χ4v) is 1.30. The quantitative estimate of drug-likeness (QED) is 0.394. The third kappa shape index (κ3) is 3.17. The predicted octanol–water partition coefficient (Wildman–Crippen LogP) is 0.723. The van der Waals surface area contributed by atoms with E-state index in [4.69, 9.17) is 10.3 Å². The van der Waals surface area contributed by atoms with Crippen LogP contribution in [0.25, 0.3) is 5.53 Å². The molecule has 0 radical (unpaired) electrons. The first-order valence-corrected chi connectivity index (χ1v) is 5.02. The maximum Gasteiger partial charge on any atom is 0.410 e. The van der Waals surface area contributed by atoms with Crippen molar-refractivity contribution in [2.75, 3.05) is 13.1 Å². The lowest BCUT2D eigenvalue weighted by molar-refractivity contribution is -0.124. The molecule has 0 saturated carbocycles. The van der Waals surface area contributed by atoms with E-state index in [2.05, 4.69) is 4.79 Å². The third-order valence-electron chi connectivity index (χ3n) is 2.12. The van der Waals surface area contributed by atoms with E-state index in [9.17, 15) is 9.59 Å². The Bertz CT molecular complexity index is 347. The molecule has 0 aromatic carbocycles. The molecule has 1 amide bonds. The lowest BCUT2D eigenvalue weighted by Gasteiger charge is -2.37. The number of carbonyl (C=O) groups is 2. The summed E-state index contributed by atoms with van der Waals surface area (Å²) in [5, 5.41) is 0. The minimum atomic E-state index is -0.529. The number of hydrogen-bond acceptors (Lipinski definition) is 3. The van der Waals surface area contributed by atoms with Gasteiger partial charge in [0.25, 0.3) is 0 Å². The van der Waals surface area contributed by atoms with E-state index in [0.717, 1.165) is 6.21 Å². The van der Waals surface area contributed by atoms with Gasteiger partial charge in [0.1, 0.15) is 5.60 Å². The smallest absolute Gasteiger partial charge is 0.410 e. The Morgan fingerprint density at radius 3 is 2.44 bits per heavy atom. The first-order chi connectivity index (χ1) is 7.33. The summed E-state index contributed by atoms with van der Waals surface area (Å²) < 4.78 is 5.12. The molecule has 0 atom stereocenters. The normalized spacial score (nSPS) is 16.1. The first-order valence-electron chi connectivity index (χ1n) is 5.02. The Labute approximate surface area is 93.8 Å². The second-order valence-electron chi connectivity index (χ2n) is 4.73. The number of carbonyl (C=O) groups excluding carboxylic acids is 2. The third-order valence-corrected chi connectivity index (χ3v) is 2.12. The number of ketones is 1. The van der Waals surface area contributed by atoms with Gasteiger partial charge in [-0.3, -0.25) is 4.79 Å². The van der Waals surface area contributed by atoms with Gasteiger partial charge in [0.05, 0.1) is 5.92 Å². The summed E-state index contributed by atoms with van der Waals surface area (Å²) in [5.74, 6) is -0.550. The molecule has 0 aromatic heterocycles. The van der Waals surface area contributed by atoms with Gasteiger partial charge in [-0.05, 0) is 20.8 Å². The molecule has 0 aliphatic carbocycles. The highest BCUT2D eigenvalue weighted by atomic mass is 16.6. The Morgan fingerprint density at radius 2 is 2.00 bits per heavy atom. The second kappa shape index (κ2) is 4.45. The maximum atomic E-state index is 11.5. The Morgan fingerprint density at radius 1 is 1.44 bits per heavy atom. The largest absolute Gasteiger partial charge is 0.444 e. The monoisotopic (exact) mass is 225 g/mol. The lowest BCUT2D eigenvalue weighted by Crippen LogP contribution is -2.54. The molecule has 1 aliphatic rings. The van der Waals surface area contributed by atoms with Crippen LogP contribution in [0.3, 0.4) is 0 Å². The number of hydrogen-bond donors (Lipinski definition) is 0. The number of likely N-dealkylation sites (tertiary alicyclic amines) is 1. The Hall–Kier alpha value is -1.68. The van der Waals surface area contributed by atoms with Gasteiger partial charge in [0.15, 0.2) is 0 Å². The zero-order valence-corrected chi connectivity index (χ0v) is 9.64. The molecular weight excluding hydrogens is 210 g/mol. The average molecular weight is 225 g/mol. The van der Waals surface area contributed by atoms with Gasteiger partial charge in [-0.25, -0.2) is 4.79 Å². The van der Waals surface area contributed by atoms with Crippen molar-refractivity contribution >= 4 is 18.1 Å². The highest BCUT2D eigenvalue weighted by molar-refractivity contribution is 6.26. The summed E-state index contributed by atoms with van der Waals surface area (Å²) in [6.45, 7) is 5.99. The number of ether oxygens (including phenoxy) is 1. The molecule has 1 saturated heterocycles. The van der Waals surface area contributed by atoms with Crippen LogP contribution in [0.2, 0.25) is 0 Å². The van der Waals surface area contributed by atoms with Gasteiger partial charge in [0.2, 0.25) is 5.78 Å². The van der Waals surface area contributed by atoms with E-state index in [1.165, 1.54) is 4.90 Å². The van der Waals surface area contributed by atoms with Gasteiger partial charge < -0.3 is 15.2 Å². The predicted molar refractivity (Wildman–Crippen MR) is 56.0 cm³/mol. The van der Waals surface area contributed by atoms with E-state index in [1.807, 2.05) is 0 Å². The lowest BCUT2D eigenvalue weighted by atomic mass is 9.96. The van der Waals surface area contributed by atoms with E-state index in [-0.39, 0.29) is 11.7 Å². The minimum Gasteiger partial charge on any atom is -0.444 e. The van der Waals surface area contributed by atoms with Crippen molar-refractivity contribution in [3.63, 3.8) is 0 Å². The number of nitrogens with zero attached hydrogens (tertiary/aromatic N) is 3. The van der Waals surface area contributed by atoms with Crippen molar-refractivity contribution in [3.8, 4) is 0 Å². The highest BCUT2D eigenvalue weighted by Gasteiger charge is 2.38. The van der Waals surface area contributed by atoms with Gasteiger partial charge >= 0.3 is 12.3 Å². The van der Waals surface area contributed by atoms with Crippen molar-refractivity contribution in [2.24, 2.45) is 5.92 Å². The van der Waals surface area contributed by atoms with E-state index in [0.29, 0.717) is 13.1 Å². The van der Waals surface area contributed by atoms with Crippen LogP contribution in [0.5, 0.6) is 0 Å². The standard InChI is InChI=1S/C10H15N3O3/c1-10(2,3)16-9(15)13-5-7(6-13)8(14)4-12-11/h4,7H,5-6H2,1-3H3. The van der Waals surface area contributed by atoms with Gasteiger partial charge in [0, 0.05) is 13.1 Å². The van der Waals surface area contributed by atoms with Gasteiger partial charge in [-0.1, -0.05) is 0 Å². The molecular formula is C10H15N3O3. The maximum absolute atomic E-state index is 11.5. The Balaban J connectivity index is 2.39. The molecule has 0 N–H and O–H groups in total. The van der Waals surface area contributed by atoms with Crippen molar-refractivity contribution in [3.05, 3.63) is 5.53 Å². The van der Waals surface area contributed by atoms with Crippen LogP contribution in [0, 0.1) is 5.92 Å². The van der Waals surface area contributed by atoms with E-state index in [1.54, 1.807) is 20.8 Å². The topological polar surface area (TPSA) is 83.0 Å². The van der Waals surface area contributed by atoms with Crippen molar-refractivity contribution in [2.45, 2.75) is 26.4 Å². The molecule has 1 rings (SSSR count). The molecule has 0 bridgehead atoms. The number of amides is 1. The molecule has 88 valence electrons. The van der Waals surface area contributed by atoms with Crippen LogP contribution < -0.4 is 0 Å². The molecule has 1 heterocycles. The van der Waals surface area contributed by atoms with Crippen LogP contribution in [0.15, 0.2) is 0 Å². The fourth-order valence-electron chi connectivity index (χ4n) is 1.30. The van der Waals surface area contributed by atoms with Crippen molar-refractivity contribution < 1.29 is 19.1 Å². The minimum absolute atomic E-state index is 0.275. The summed E-state index contributed by atoms with van der Waals surface area (Å²) in [6, 6.07) is 0. The summed E-state index contributed by atoms with van der Waals surface area (Å²) in [6.07, 6.45) is 0.439. The number of rotatable bonds is 2. The van der Waals surface area contributed by atoms with Gasteiger partial charge in [-0.2, -0.15) is 4.79 Å². The molecule has 16 heavy (non-hydrogen) atoms. The van der Waals surface area contributed by atoms with Crippen LogP contribution in [-0.2, 0) is 9.53 Å². The van der Waals surface area contributed by atoms with Crippen LogP contribution in [-0.4, -0.2) is 46.5 Å². The summed E-state index contributed by atoms with van der Waals surface area (Å²) in [4.78, 5) is 26.8. The van der Waals surface area contributed by atoms with Crippen molar-refractivity contribution in [1.29, 1.82) is 0 Å². The van der Waals surface area contributed by atoms with Crippen LogP contribution >= 0.6 is 0 Å². The summed E-state index contributed by atoms with van der Waals surface area (Å²) in [7, 11) is 0. The average Bonchev–Trinajstić information content (AvgIpc) is 1.97. The highest BCUT2D eigenvalue weighted by Crippen LogP contribution is 2.19. The summed E-state index contributed by atoms with van der Waals surface area (Å²) in [5.41, 5.74) is 7.65. The summed E-state index contributed by atoms with van der Waals surface area (Å²) >= 11 is 0. The molecule has 1 aliphatic heterocycles. The zero-order chi connectivity index (χ0) is 12.3. The molecule has 1 fully saturated rings. The van der Waals surface area contributed by atoms with Crippen LogP contribution in [0.1, 0.15) is 20.8 Å². The second-order valence-corrected chi connectivity index (χ2v) is 4.73. The molecule has 0 spiro atoms. The molecule has 6 heteroatoms. The molecule has 0 unspecified atom stereocenters.